The number of carbonyl (C=O) groups excluding carboxylic acids is 1. The summed E-state index contributed by atoms with van der Waals surface area (Å²) in [6.07, 6.45) is 0.667. The van der Waals surface area contributed by atoms with Gasteiger partial charge >= 0.3 is 0 Å². The molecule has 1 amide bonds. The summed E-state index contributed by atoms with van der Waals surface area (Å²) in [6, 6.07) is 0. The molecule has 0 aliphatic carbocycles. The predicted octanol–water partition coefficient (Wildman–Crippen LogP) is -0.0293. The van der Waals surface area contributed by atoms with Crippen LogP contribution in [-0.4, -0.2) is 79.6 Å². The Morgan fingerprint density at radius 2 is 1.67 bits per heavy atom. The summed E-state index contributed by atoms with van der Waals surface area (Å²) in [5, 5.41) is 9.12. The Balaban J connectivity index is 2.51. The highest BCUT2D eigenvalue weighted by atomic mass is 32.2. The van der Waals surface area contributed by atoms with Crippen LogP contribution in [0.15, 0.2) is 0 Å². The van der Waals surface area contributed by atoms with E-state index in [0.29, 0.717) is 32.7 Å². The van der Waals surface area contributed by atoms with E-state index in [1.54, 1.807) is 4.90 Å². The average molecular weight is 320 g/mol. The van der Waals surface area contributed by atoms with Crippen molar-refractivity contribution < 1.29 is 18.3 Å². The van der Waals surface area contributed by atoms with Crippen molar-refractivity contribution in [2.45, 2.75) is 39.0 Å². The first kappa shape index (κ1) is 18.4. The number of aliphatic hydroxyl groups is 1. The van der Waals surface area contributed by atoms with Gasteiger partial charge in [0.1, 0.15) is 5.25 Å². The van der Waals surface area contributed by atoms with E-state index in [9.17, 15) is 18.3 Å². The minimum absolute atomic E-state index is 0.169. The van der Waals surface area contributed by atoms with Gasteiger partial charge < -0.3 is 10.0 Å². The largest absolute Gasteiger partial charge is 0.391 e. The lowest BCUT2D eigenvalue weighted by molar-refractivity contribution is -0.132. The molecule has 21 heavy (non-hydrogen) atoms. The molecular weight excluding hydrogens is 292 g/mol. The monoisotopic (exact) mass is 320 g/mol. The number of aliphatic hydroxyl groups excluding tert-OH is 1. The second-order valence-corrected chi connectivity index (χ2v) is 9.35. The maximum absolute atomic E-state index is 12.1. The van der Waals surface area contributed by atoms with Gasteiger partial charge in [0.05, 0.1) is 6.10 Å². The van der Waals surface area contributed by atoms with Gasteiger partial charge in [0.15, 0.2) is 9.84 Å². The molecule has 124 valence electrons. The van der Waals surface area contributed by atoms with E-state index in [2.05, 4.69) is 4.90 Å². The Morgan fingerprint density at radius 3 is 2.05 bits per heavy atom. The summed E-state index contributed by atoms with van der Waals surface area (Å²) >= 11 is 0. The molecule has 0 aromatic carbocycles. The highest BCUT2D eigenvalue weighted by molar-refractivity contribution is 7.92. The van der Waals surface area contributed by atoms with Crippen molar-refractivity contribution >= 4 is 15.7 Å². The van der Waals surface area contributed by atoms with Crippen molar-refractivity contribution in [3.63, 3.8) is 0 Å². The Morgan fingerprint density at radius 1 is 1.19 bits per heavy atom. The van der Waals surface area contributed by atoms with Crippen LogP contribution < -0.4 is 0 Å². The molecule has 0 saturated carbocycles. The summed E-state index contributed by atoms with van der Waals surface area (Å²) in [6.45, 7) is 10.3. The molecule has 0 aromatic rings. The van der Waals surface area contributed by atoms with Crippen LogP contribution >= 0.6 is 0 Å². The third-order valence-electron chi connectivity index (χ3n) is 4.10. The molecular formula is C14H28N2O4S. The molecule has 0 radical (unpaired) electrons. The fourth-order valence-electron chi connectivity index (χ4n) is 2.11. The molecule has 1 aliphatic rings. The van der Waals surface area contributed by atoms with Crippen LogP contribution in [0.1, 0.15) is 27.7 Å². The van der Waals surface area contributed by atoms with Gasteiger partial charge in [0.25, 0.3) is 0 Å². The van der Waals surface area contributed by atoms with E-state index in [1.165, 1.54) is 6.92 Å². The number of hydrogen-bond donors (Lipinski definition) is 1. The summed E-state index contributed by atoms with van der Waals surface area (Å²) in [7, 11) is -3.35. The molecule has 7 heteroatoms. The summed E-state index contributed by atoms with van der Waals surface area (Å²) in [5.41, 5.74) is -0.169. The average Bonchev–Trinajstić information content (AvgIpc) is 2.35. The zero-order valence-electron chi connectivity index (χ0n) is 13.7. The summed E-state index contributed by atoms with van der Waals surface area (Å²) in [4.78, 5) is 15.8. The van der Waals surface area contributed by atoms with Gasteiger partial charge in [-0.05, 0) is 12.3 Å². The third kappa shape index (κ3) is 5.23. The molecule has 1 rings (SSSR count). The van der Waals surface area contributed by atoms with E-state index in [0.717, 1.165) is 6.26 Å². The fourth-order valence-corrected chi connectivity index (χ4v) is 2.62. The van der Waals surface area contributed by atoms with Crippen molar-refractivity contribution in [2.75, 3.05) is 39.0 Å². The molecule has 0 bridgehead atoms. The first-order valence-corrected chi connectivity index (χ1v) is 9.26. The molecule has 1 fully saturated rings. The highest BCUT2D eigenvalue weighted by Crippen LogP contribution is 2.20. The van der Waals surface area contributed by atoms with Gasteiger partial charge in [0, 0.05) is 39.0 Å². The SMILES string of the molecule is C[C@H](C(=O)N1CCN(C[C@@H](O)C(C)(C)C)CC1)S(C)(=O)=O. The minimum atomic E-state index is -3.35. The normalized spacial score (nSPS) is 21.1. The molecule has 1 heterocycles. The zero-order chi connectivity index (χ0) is 16.4. The van der Waals surface area contributed by atoms with Crippen molar-refractivity contribution in [3.8, 4) is 0 Å². The van der Waals surface area contributed by atoms with Crippen LogP contribution in [0.5, 0.6) is 0 Å². The standard InChI is InChI=1S/C14H28N2O4S/c1-11(21(5,19)20)13(18)16-8-6-15(7-9-16)10-12(17)14(2,3)4/h11-12,17H,6-10H2,1-5H3/t11-,12-/m1/s1. The lowest BCUT2D eigenvalue weighted by atomic mass is 9.89. The van der Waals surface area contributed by atoms with Crippen LogP contribution in [0.2, 0.25) is 0 Å². The quantitative estimate of drug-likeness (QED) is 0.787. The number of nitrogens with zero attached hydrogens (tertiary/aromatic N) is 2. The Bertz CT molecular complexity index is 462. The Hall–Kier alpha value is -0.660. The van der Waals surface area contributed by atoms with Gasteiger partial charge in [-0.1, -0.05) is 20.8 Å². The number of amides is 1. The lowest BCUT2D eigenvalue weighted by Gasteiger charge is -2.38. The van der Waals surface area contributed by atoms with Crippen LogP contribution in [0.25, 0.3) is 0 Å². The van der Waals surface area contributed by atoms with E-state index in [-0.39, 0.29) is 11.3 Å². The second-order valence-electron chi connectivity index (χ2n) is 6.98. The maximum Gasteiger partial charge on any atom is 0.240 e. The van der Waals surface area contributed by atoms with Crippen LogP contribution in [-0.2, 0) is 14.6 Å². The predicted molar refractivity (Wildman–Crippen MR) is 82.8 cm³/mol. The number of hydrogen-bond acceptors (Lipinski definition) is 5. The summed E-state index contributed by atoms with van der Waals surface area (Å²) < 4.78 is 22.9. The van der Waals surface area contributed by atoms with E-state index in [1.807, 2.05) is 20.8 Å². The van der Waals surface area contributed by atoms with Crippen molar-refractivity contribution in [2.24, 2.45) is 5.41 Å². The molecule has 1 N–H and O–H groups in total. The van der Waals surface area contributed by atoms with Crippen molar-refractivity contribution in [1.82, 2.24) is 9.80 Å². The molecule has 0 unspecified atom stereocenters. The molecule has 0 aromatic heterocycles. The highest BCUT2D eigenvalue weighted by Gasteiger charge is 2.31. The first-order chi connectivity index (χ1) is 9.43. The van der Waals surface area contributed by atoms with Gasteiger partial charge in [0.2, 0.25) is 5.91 Å². The fraction of sp³-hybridized carbons (Fsp3) is 0.929. The number of carbonyl (C=O) groups is 1. The Labute approximate surface area is 128 Å². The third-order valence-corrected chi connectivity index (χ3v) is 5.59. The maximum atomic E-state index is 12.1. The lowest BCUT2D eigenvalue weighted by Crippen LogP contribution is -2.54. The molecule has 1 aliphatic heterocycles. The molecule has 1 saturated heterocycles. The van der Waals surface area contributed by atoms with Gasteiger partial charge in [-0.2, -0.15) is 0 Å². The molecule has 2 atom stereocenters. The van der Waals surface area contributed by atoms with Crippen LogP contribution in [0.4, 0.5) is 0 Å². The van der Waals surface area contributed by atoms with E-state index in [4.69, 9.17) is 0 Å². The van der Waals surface area contributed by atoms with E-state index < -0.39 is 21.2 Å². The van der Waals surface area contributed by atoms with Crippen LogP contribution in [0.3, 0.4) is 0 Å². The number of piperazine rings is 1. The van der Waals surface area contributed by atoms with Gasteiger partial charge in [-0.15, -0.1) is 0 Å². The first-order valence-electron chi connectivity index (χ1n) is 7.31. The molecule has 6 nitrogen and oxygen atoms in total. The topological polar surface area (TPSA) is 77.9 Å². The van der Waals surface area contributed by atoms with E-state index >= 15 is 0 Å². The second kappa shape index (κ2) is 6.62. The smallest absolute Gasteiger partial charge is 0.240 e. The van der Waals surface area contributed by atoms with Crippen molar-refractivity contribution in [1.29, 1.82) is 0 Å². The number of sulfone groups is 1. The number of rotatable bonds is 4. The number of β-amino-alcohol motifs (C(OH)–C–C–N with tert-alkyl or cyclic N) is 1. The summed E-state index contributed by atoms with van der Waals surface area (Å²) in [5.74, 6) is -0.325. The van der Waals surface area contributed by atoms with Gasteiger partial charge in [-0.3, -0.25) is 9.69 Å². The van der Waals surface area contributed by atoms with Crippen molar-refractivity contribution in [3.05, 3.63) is 0 Å². The zero-order valence-corrected chi connectivity index (χ0v) is 14.5. The molecule has 0 spiro atoms. The minimum Gasteiger partial charge on any atom is -0.391 e. The van der Waals surface area contributed by atoms with Crippen LogP contribution in [0, 0.1) is 5.41 Å². The van der Waals surface area contributed by atoms with Gasteiger partial charge in [-0.25, -0.2) is 8.42 Å². The Kier molecular flexibility index (Phi) is 5.80.